The number of anilines is 1. The fourth-order valence-electron chi connectivity index (χ4n) is 6.63. The largest absolute Gasteiger partial charge is 0.508 e. The zero-order valence-corrected chi connectivity index (χ0v) is 33.4. The Kier molecular flexibility index (Phi) is 11.5. The Morgan fingerprint density at radius 2 is 1.65 bits per heavy atom. The van der Waals surface area contributed by atoms with E-state index in [1.54, 1.807) is 6.92 Å². The van der Waals surface area contributed by atoms with Crippen molar-refractivity contribution in [2.45, 2.75) is 61.9 Å². The maximum absolute atomic E-state index is 16.4. The number of phenols is 1. The SMILES string of the molecule is Cc1cc(O)ccc1C(=O)Oc1ccc(CS[P@@]2(=O)OC[C@H]3O[C@@H](n4cnc5c(N)ncnc54)[C@H](OP(=O)(O)OC[C@H]4O[C@@H](n5ccc(=O)[nH]c5=O)[C@H](O2)[C@@H]4F)[C@@H]3F)cc1. The molecule has 3 fully saturated rings. The molecule has 5 aromatic rings. The zero-order valence-electron chi connectivity index (χ0n) is 30.8. The van der Waals surface area contributed by atoms with Crippen molar-refractivity contribution in [2.24, 2.45) is 0 Å². The Morgan fingerprint density at radius 1 is 0.967 bits per heavy atom. The molecule has 2 aromatic carbocycles. The van der Waals surface area contributed by atoms with Crippen LogP contribution in [0.5, 0.6) is 11.5 Å². The first-order chi connectivity index (χ1) is 28.6. The van der Waals surface area contributed by atoms with Gasteiger partial charge in [-0.15, -0.1) is 0 Å². The summed E-state index contributed by atoms with van der Waals surface area (Å²) in [6.07, 6.45) is -12.0. The Labute approximate surface area is 339 Å². The Bertz CT molecular complexity index is 2660. The second-order valence-electron chi connectivity index (χ2n) is 13.6. The number of imidazole rings is 1. The van der Waals surface area contributed by atoms with E-state index < -0.39 is 94.3 Å². The van der Waals surface area contributed by atoms with Gasteiger partial charge in [0, 0.05) is 18.0 Å². The lowest BCUT2D eigenvalue weighted by Gasteiger charge is -2.27. The predicted octanol–water partition coefficient (Wildman–Crippen LogP) is 3.62. The standard InChI is InChI=1S/C34H33F2N7O14P2S/c1-16-10-18(44)4-7-20(16)33(46)53-19-5-2-17(3-6-19)13-60-59(50)52-12-22-24(35)27(32(55-22)43-15-40-26-29(37)38-14-39-30(26)43)56-58(48,49)51-11-21-25(36)28(57-59)31(54-21)42-9-8-23(45)41-34(42)47/h2-10,14-15,21-22,24-25,27-28,31-32,44H,11-13H2,1H3,(H,48,49)(H2,37,38,39)(H,41,45,47)/t21-,22-,24-,25-,27-,28-,31-,32-,59+/m1/s1. The highest BCUT2D eigenvalue weighted by Gasteiger charge is 2.55. The number of hydrogen-bond acceptors (Lipinski definition) is 18. The number of H-pyrrole nitrogens is 1. The molecule has 26 heteroatoms. The number of aromatic amines is 1. The minimum atomic E-state index is -5.28. The van der Waals surface area contributed by atoms with Crippen molar-refractivity contribution in [1.82, 2.24) is 29.1 Å². The summed E-state index contributed by atoms with van der Waals surface area (Å²) < 4.78 is 102. The molecule has 3 saturated heterocycles. The van der Waals surface area contributed by atoms with Crippen LogP contribution >= 0.6 is 26.0 Å². The molecule has 3 aliphatic rings. The Balaban J connectivity index is 1.09. The smallest absolute Gasteiger partial charge is 0.472 e. The highest BCUT2D eigenvalue weighted by molar-refractivity contribution is 8.54. The van der Waals surface area contributed by atoms with Gasteiger partial charge in [-0.1, -0.05) is 12.1 Å². The number of fused-ring (bicyclic) bond motifs is 5. The highest BCUT2D eigenvalue weighted by Crippen LogP contribution is 2.65. The molecule has 1 unspecified atom stereocenters. The van der Waals surface area contributed by atoms with E-state index in [0.29, 0.717) is 22.5 Å². The number of nitrogens with one attached hydrogen (secondary N) is 1. The molecule has 60 heavy (non-hydrogen) atoms. The van der Waals surface area contributed by atoms with Crippen LogP contribution in [0.3, 0.4) is 0 Å². The van der Waals surface area contributed by atoms with Gasteiger partial charge in [0.25, 0.3) is 5.56 Å². The van der Waals surface area contributed by atoms with Gasteiger partial charge < -0.3 is 29.9 Å². The third-order valence-electron chi connectivity index (χ3n) is 9.57. The predicted molar refractivity (Wildman–Crippen MR) is 203 cm³/mol. The van der Waals surface area contributed by atoms with Crippen LogP contribution in [0.4, 0.5) is 14.6 Å². The molecule has 6 heterocycles. The fourth-order valence-corrected chi connectivity index (χ4v) is 10.9. The number of hydrogen-bond donors (Lipinski definition) is 4. The summed E-state index contributed by atoms with van der Waals surface area (Å²) in [4.78, 5) is 62.3. The number of phosphoric ester groups is 1. The van der Waals surface area contributed by atoms with Crippen molar-refractivity contribution >= 4 is 49.0 Å². The number of alkyl halides is 2. The van der Waals surface area contributed by atoms with Gasteiger partial charge in [0.15, 0.2) is 36.3 Å². The first-order valence-corrected chi connectivity index (χ1v) is 22.4. The van der Waals surface area contributed by atoms with E-state index in [1.807, 2.05) is 4.98 Å². The molecule has 0 radical (unpaired) electrons. The summed E-state index contributed by atoms with van der Waals surface area (Å²) in [6.45, 7) is -4.97. The summed E-state index contributed by atoms with van der Waals surface area (Å²) in [7, 11) is -5.28. The van der Waals surface area contributed by atoms with Gasteiger partial charge in [0.2, 0.25) is 0 Å². The summed E-state index contributed by atoms with van der Waals surface area (Å²) in [5, 5.41) is 9.67. The fraction of sp³-hybridized carbons (Fsp3) is 0.353. The Morgan fingerprint density at radius 3 is 2.35 bits per heavy atom. The number of halogens is 2. The van der Waals surface area contributed by atoms with E-state index in [9.17, 15) is 33.5 Å². The van der Waals surface area contributed by atoms with E-state index in [0.717, 1.165) is 29.5 Å². The van der Waals surface area contributed by atoms with Crippen LogP contribution in [-0.2, 0) is 42.5 Å². The molecule has 10 atom stereocenters. The lowest BCUT2D eigenvalue weighted by atomic mass is 10.1. The van der Waals surface area contributed by atoms with Crippen LogP contribution in [0.15, 0.2) is 77.0 Å². The quantitative estimate of drug-likeness (QED) is 0.103. The number of ether oxygens (including phenoxy) is 3. The first kappa shape index (κ1) is 41.8. The van der Waals surface area contributed by atoms with Gasteiger partial charge in [-0.05, 0) is 59.8 Å². The molecular weight excluding hydrogens is 862 g/mol. The average Bonchev–Trinajstić information content (AvgIpc) is 3.86. The number of nitrogens with two attached hydrogens (primary N) is 1. The van der Waals surface area contributed by atoms with E-state index >= 15 is 8.78 Å². The average molecular weight is 896 g/mol. The van der Waals surface area contributed by atoms with Crippen molar-refractivity contribution in [3.05, 3.63) is 105 Å². The highest BCUT2D eigenvalue weighted by atomic mass is 32.7. The number of aryl methyl sites for hydroxylation is 1. The van der Waals surface area contributed by atoms with Gasteiger partial charge in [0.05, 0.1) is 25.1 Å². The van der Waals surface area contributed by atoms with Crippen LogP contribution in [0.2, 0.25) is 0 Å². The first-order valence-electron chi connectivity index (χ1n) is 17.8. The van der Waals surface area contributed by atoms with Gasteiger partial charge in [-0.3, -0.25) is 37.0 Å². The van der Waals surface area contributed by atoms with Crippen LogP contribution < -0.4 is 21.7 Å². The number of aromatic nitrogens is 6. The number of phosphoric acid groups is 1. The molecule has 5 N–H and O–H groups in total. The molecule has 8 rings (SSSR count). The summed E-state index contributed by atoms with van der Waals surface area (Å²) >= 11 is 0.547. The van der Waals surface area contributed by atoms with Gasteiger partial charge in [0.1, 0.15) is 47.8 Å². The zero-order chi connectivity index (χ0) is 42.5. The summed E-state index contributed by atoms with van der Waals surface area (Å²) in [5.74, 6) is -0.745. The minimum Gasteiger partial charge on any atom is -0.508 e. The number of rotatable bonds is 7. The molecule has 21 nitrogen and oxygen atoms in total. The minimum absolute atomic E-state index is 0.0203. The van der Waals surface area contributed by atoms with E-state index in [-0.39, 0.29) is 39.8 Å². The van der Waals surface area contributed by atoms with Crippen molar-refractivity contribution in [2.75, 3.05) is 18.9 Å². The second-order valence-corrected chi connectivity index (χ2v) is 19.0. The Hall–Kier alpha value is -4.87. The van der Waals surface area contributed by atoms with Crippen molar-refractivity contribution in [1.29, 1.82) is 0 Å². The number of aromatic hydroxyl groups is 1. The van der Waals surface area contributed by atoms with E-state index in [1.165, 1.54) is 47.0 Å². The summed E-state index contributed by atoms with van der Waals surface area (Å²) in [6, 6.07) is 11.1. The van der Waals surface area contributed by atoms with Crippen molar-refractivity contribution in [3.8, 4) is 11.5 Å². The van der Waals surface area contributed by atoms with Crippen molar-refractivity contribution < 1.29 is 65.0 Å². The lowest BCUT2D eigenvalue weighted by Crippen LogP contribution is -2.38. The normalized spacial score (nSPS) is 30.9. The molecule has 0 saturated carbocycles. The number of nitrogen functional groups attached to an aromatic ring is 1. The molecule has 318 valence electrons. The molecule has 3 aliphatic heterocycles. The number of benzene rings is 2. The third-order valence-corrected chi connectivity index (χ3v) is 14.2. The molecule has 3 aromatic heterocycles. The molecule has 0 aliphatic carbocycles. The summed E-state index contributed by atoms with van der Waals surface area (Å²) in [5.41, 5.74) is 5.37. The van der Waals surface area contributed by atoms with Gasteiger partial charge in [-0.2, -0.15) is 0 Å². The van der Waals surface area contributed by atoms with Gasteiger partial charge in [-0.25, -0.2) is 42.5 Å². The van der Waals surface area contributed by atoms with Crippen LogP contribution in [0.1, 0.15) is 33.9 Å². The number of esters is 1. The number of carbonyl (C=O) groups is 1. The maximum Gasteiger partial charge on any atom is 0.472 e. The third kappa shape index (κ3) is 8.53. The maximum atomic E-state index is 16.4. The number of nitrogens with zero attached hydrogens (tertiary/aromatic N) is 5. The number of carbonyl (C=O) groups excluding carboxylic acids is 1. The van der Waals surface area contributed by atoms with Crippen LogP contribution in [0, 0.1) is 6.92 Å². The topological polar surface area (TPSA) is 281 Å². The van der Waals surface area contributed by atoms with Crippen LogP contribution in [-0.4, -0.2) is 95.0 Å². The lowest BCUT2D eigenvalue weighted by molar-refractivity contribution is -0.0648. The molecular formula is C34H33F2N7O14P2S. The van der Waals surface area contributed by atoms with E-state index in [2.05, 4.69) is 15.0 Å². The van der Waals surface area contributed by atoms with E-state index in [4.69, 9.17) is 38.0 Å². The second kappa shape index (κ2) is 16.5. The molecule has 4 bridgehead atoms. The molecule has 0 spiro atoms. The molecule has 0 amide bonds. The monoisotopic (exact) mass is 895 g/mol. The number of phenolic OH excluding ortho intramolecular Hbond substituents is 1. The van der Waals surface area contributed by atoms with Crippen molar-refractivity contribution in [3.63, 3.8) is 0 Å². The van der Waals surface area contributed by atoms with Gasteiger partial charge >= 0.3 is 26.3 Å². The van der Waals surface area contributed by atoms with Crippen LogP contribution in [0.25, 0.3) is 11.2 Å².